The lowest BCUT2D eigenvalue weighted by Crippen LogP contribution is -2.57. The van der Waals surface area contributed by atoms with Crippen LogP contribution in [0.1, 0.15) is 19.3 Å². The van der Waals surface area contributed by atoms with Gasteiger partial charge in [-0.2, -0.15) is 0 Å². The van der Waals surface area contributed by atoms with Crippen LogP contribution in [0.4, 0.5) is 0 Å². The van der Waals surface area contributed by atoms with E-state index in [2.05, 4.69) is 17.2 Å². The maximum Gasteiger partial charge on any atom is 0.234 e. The van der Waals surface area contributed by atoms with E-state index in [0.29, 0.717) is 6.54 Å². The van der Waals surface area contributed by atoms with E-state index >= 15 is 0 Å². The minimum absolute atomic E-state index is 0.0419. The monoisotopic (exact) mass is 198 g/mol. The van der Waals surface area contributed by atoms with Crippen molar-refractivity contribution >= 4 is 5.91 Å². The fourth-order valence-electron chi connectivity index (χ4n) is 1.55. The Morgan fingerprint density at radius 2 is 2.29 bits per heavy atom. The van der Waals surface area contributed by atoms with E-state index in [4.69, 9.17) is 5.11 Å². The van der Waals surface area contributed by atoms with Crippen LogP contribution >= 0.6 is 0 Å². The predicted octanol–water partition coefficient (Wildman–Crippen LogP) is -0.207. The van der Waals surface area contributed by atoms with Gasteiger partial charge in [0, 0.05) is 6.54 Å². The standard InChI is InChI=1S/C10H18N2O2/c1-2-6-11-7-9(14)12-10(8-13)4-3-5-10/h2,11,13H,1,3-8H2,(H,12,14). The molecule has 80 valence electrons. The molecule has 3 N–H and O–H groups in total. The Morgan fingerprint density at radius 3 is 2.71 bits per heavy atom. The van der Waals surface area contributed by atoms with Crippen LogP contribution in [0.5, 0.6) is 0 Å². The van der Waals surface area contributed by atoms with Gasteiger partial charge in [-0.3, -0.25) is 4.79 Å². The second-order valence-electron chi connectivity index (χ2n) is 3.76. The minimum Gasteiger partial charge on any atom is -0.394 e. The maximum atomic E-state index is 11.4. The third kappa shape index (κ3) is 2.82. The lowest BCUT2D eigenvalue weighted by molar-refractivity contribution is -0.124. The summed E-state index contributed by atoms with van der Waals surface area (Å²) in [5.74, 6) is -0.0550. The molecule has 1 aliphatic rings. The summed E-state index contributed by atoms with van der Waals surface area (Å²) >= 11 is 0. The summed E-state index contributed by atoms with van der Waals surface area (Å²) in [6.07, 6.45) is 4.56. The van der Waals surface area contributed by atoms with Crippen molar-refractivity contribution in [2.45, 2.75) is 24.8 Å². The molecule has 0 bridgehead atoms. The molecule has 1 saturated carbocycles. The predicted molar refractivity (Wildman–Crippen MR) is 54.9 cm³/mol. The summed E-state index contributed by atoms with van der Waals surface area (Å²) in [7, 11) is 0. The molecule has 0 atom stereocenters. The van der Waals surface area contributed by atoms with Crippen molar-refractivity contribution in [2.24, 2.45) is 0 Å². The molecule has 0 aliphatic heterocycles. The first-order valence-corrected chi connectivity index (χ1v) is 4.96. The quantitative estimate of drug-likeness (QED) is 0.409. The van der Waals surface area contributed by atoms with Gasteiger partial charge in [0.2, 0.25) is 5.91 Å². The van der Waals surface area contributed by atoms with Crippen LogP contribution in [-0.4, -0.2) is 36.2 Å². The summed E-state index contributed by atoms with van der Waals surface area (Å²) in [5.41, 5.74) is -0.326. The molecule has 0 saturated heterocycles. The molecule has 1 rings (SSSR count). The Hall–Kier alpha value is -0.870. The zero-order chi connectivity index (χ0) is 10.4. The molecule has 0 unspecified atom stereocenters. The molecular weight excluding hydrogens is 180 g/mol. The number of carbonyl (C=O) groups excluding carboxylic acids is 1. The van der Waals surface area contributed by atoms with Gasteiger partial charge in [0.1, 0.15) is 0 Å². The highest BCUT2D eigenvalue weighted by Crippen LogP contribution is 2.30. The molecule has 14 heavy (non-hydrogen) atoms. The van der Waals surface area contributed by atoms with Gasteiger partial charge >= 0.3 is 0 Å². The average Bonchev–Trinajstić information content (AvgIpc) is 2.12. The summed E-state index contributed by atoms with van der Waals surface area (Å²) in [4.78, 5) is 11.4. The lowest BCUT2D eigenvalue weighted by atomic mass is 9.77. The smallest absolute Gasteiger partial charge is 0.234 e. The van der Waals surface area contributed by atoms with Crippen LogP contribution in [0.2, 0.25) is 0 Å². The van der Waals surface area contributed by atoms with Gasteiger partial charge in [0.15, 0.2) is 0 Å². The van der Waals surface area contributed by atoms with Crippen molar-refractivity contribution in [1.82, 2.24) is 10.6 Å². The number of aliphatic hydroxyl groups excluding tert-OH is 1. The first kappa shape index (κ1) is 11.2. The molecule has 0 aromatic rings. The Balaban J connectivity index is 2.21. The molecule has 4 nitrogen and oxygen atoms in total. The lowest BCUT2D eigenvalue weighted by Gasteiger charge is -2.40. The molecule has 1 aliphatic carbocycles. The molecule has 1 amide bonds. The first-order chi connectivity index (χ1) is 6.72. The Kier molecular flexibility index (Phi) is 4.10. The van der Waals surface area contributed by atoms with E-state index in [1.54, 1.807) is 6.08 Å². The van der Waals surface area contributed by atoms with Gasteiger partial charge in [0.05, 0.1) is 18.7 Å². The minimum atomic E-state index is -0.326. The molecule has 1 fully saturated rings. The largest absolute Gasteiger partial charge is 0.394 e. The van der Waals surface area contributed by atoms with Crippen molar-refractivity contribution < 1.29 is 9.90 Å². The molecule has 0 aromatic heterocycles. The van der Waals surface area contributed by atoms with Crippen molar-refractivity contribution in [3.05, 3.63) is 12.7 Å². The fourth-order valence-corrected chi connectivity index (χ4v) is 1.55. The number of amides is 1. The summed E-state index contributed by atoms with van der Waals surface area (Å²) in [5, 5.41) is 14.9. The van der Waals surface area contributed by atoms with Crippen molar-refractivity contribution in [1.29, 1.82) is 0 Å². The van der Waals surface area contributed by atoms with E-state index in [0.717, 1.165) is 19.3 Å². The number of hydrogen-bond donors (Lipinski definition) is 3. The third-order valence-corrected chi connectivity index (χ3v) is 2.59. The number of carbonyl (C=O) groups is 1. The number of nitrogens with one attached hydrogen (secondary N) is 2. The summed E-state index contributed by atoms with van der Waals surface area (Å²) < 4.78 is 0. The molecule has 0 aromatic carbocycles. The van der Waals surface area contributed by atoms with Crippen LogP contribution in [-0.2, 0) is 4.79 Å². The van der Waals surface area contributed by atoms with E-state index in [1.165, 1.54) is 0 Å². The zero-order valence-electron chi connectivity index (χ0n) is 8.38. The highest BCUT2D eigenvalue weighted by Gasteiger charge is 2.37. The number of hydrogen-bond acceptors (Lipinski definition) is 3. The Bertz CT molecular complexity index is 207. The third-order valence-electron chi connectivity index (χ3n) is 2.59. The average molecular weight is 198 g/mol. The van der Waals surface area contributed by atoms with Crippen LogP contribution in [0, 0.1) is 0 Å². The zero-order valence-corrected chi connectivity index (χ0v) is 8.38. The van der Waals surface area contributed by atoms with Gasteiger partial charge in [-0.05, 0) is 19.3 Å². The van der Waals surface area contributed by atoms with E-state index < -0.39 is 0 Å². The van der Waals surface area contributed by atoms with Crippen molar-refractivity contribution in [2.75, 3.05) is 19.7 Å². The SMILES string of the molecule is C=CCNCC(=O)NC1(CO)CCC1. The van der Waals surface area contributed by atoms with Gasteiger partial charge in [0.25, 0.3) is 0 Å². The van der Waals surface area contributed by atoms with Crippen LogP contribution < -0.4 is 10.6 Å². The number of aliphatic hydroxyl groups is 1. The molecular formula is C10H18N2O2. The summed E-state index contributed by atoms with van der Waals surface area (Å²) in [6.45, 7) is 4.49. The van der Waals surface area contributed by atoms with Crippen LogP contribution in [0.15, 0.2) is 12.7 Å². The topological polar surface area (TPSA) is 61.4 Å². The van der Waals surface area contributed by atoms with Crippen LogP contribution in [0.25, 0.3) is 0 Å². The first-order valence-electron chi connectivity index (χ1n) is 4.96. The normalized spacial score (nSPS) is 18.4. The fraction of sp³-hybridized carbons (Fsp3) is 0.700. The highest BCUT2D eigenvalue weighted by atomic mass is 16.3. The van der Waals surface area contributed by atoms with Gasteiger partial charge in [-0.25, -0.2) is 0 Å². The number of rotatable bonds is 6. The highest BCUT2D eigenvalue weighted by molar-refractivity contribution is 5.79. The summed E-state index contributed by atoms with van der Waals surface area (Å²) in [6, 6.07) is 0. The van der Waals surface area contributed by atoms with E-state index in [9.17, 15) is 4.79 Å². The Morgan fingerprint density at radius 1 is 1.57 bits per heavy atom. The van der Waals surface area contributed by atoms with Crippen molar-refractivity contribution in [3.8, 4) is 0 Å². The van der Waals surface area contributed by atoms with Gasteiger partial charge < -0.3 is 15.7 Å². The molecule has 0 heterocycles. The van der Waals surface area contributed by atoms with Gasteiger partial charge in [-0.1, -0.05) is 6.08 Å². The molecule has 0 spiro atoms. The Labute approximate surface area is 84.4 Å². The van der Waals surface area contributed by atoms with Crippen molar-refractivity contribution in [3.63, 3.8) is 0 Å². The second kappa shape index (κ2) is 5.12. The van der Waals surface area contributed by atoms with Crippen LogP contribution in [0.3, 0.4) is 0 Å². The van der Waals surface area contributed by atoms with E-state index in [1.807, 2.05) is 0 Å². The van der Waals surface area contributed by atoms with E-state index in [-0.39, 0.29) is 24.6 Å². The van der Waals surface area contributed by atoms with Gasteiger partial charge in [-0.15, -0.1) is 6.58 Å². The second-order valence-corrected chi connectivity index (χ2v) is 3.76. The molecule has 0 radical (unpaired) electrons. The molecule has 4 heteroatoms. The maximum absolute atomic E-state index is 11.4.